The van der Waals surface area contributed by atoms with Crippen molar-refractivity contribution in [2.45, 2.75) is 13.8 Å². The van der Waals surface area contributed by atoms with Crippen LogP contribution in [0.2, 0.25) is 0 Å². The molecule has 0 atom stereocenters. The van der Waals surface area contributed by atoms with Crippen LogP contribution in [0.4, 0.5) is 14.7 Å². The van der Waals surface area contributed by atoms with Crippen molar-refractivity contribution >= 4 is 5.95 Å². The number of benzene rings is 1. The molecule has 0 unspecified atom stereocenters. The van der Waals surface area contributed by atoms with Gasteiger partial charge in [0.1, 0.15) is 5.82 Å². The minimum absolute atomic E-state index is 0.0565. The van der Waals surface area contributed by atoms with Crippen LogP contribution in [0.5, 0.6) is 17.8 Å². The Balaban J connectivity index is 2.29. The highest BCUT2D eigenvalue weighted by molar-refractivity contribution is 5.31. The zero-order valence-electron chi connectivity index (χ0n) is 11.6. The molecule has 0 bridgehead atoms. The summed E-state index contributed by atoms with van der Waals surface area (Å²) >= 11 is 0. The van der Waals surface area contributed by atoms with Crippen LogP contribution in [-0.2, 0) is 0 Å². The highest BCUT2D eigenvalue weighted by Crippen LogP contribution is 2.24. The molecular formula is C13H14F2N4O2. The van der Waals surface area contributed by atoms with E-state index in [2.05, 4.69) is 20.3 Å². The van der Waals surface area contributed by atoms with Crippen molar-refractivity contribution in [3.8, 4) is 17.8 Å². The summed E-state index contributed by atoms with van der Waals surface area (Å²) in [5, 5.41) is 2.88. The van der Waals surface area contributed by atoms with Gasteiger partial charge in [0, 0.05) is 12.6 Å². The SMILES string of the molecule is CCNc1nc(OCC)nc(Oc2ccc(F)cc2F)n1. The predicted molar refractivity (Wildman–Crippen MR) is 71.6 cm³/mol. The Bertz CT molecular complexity index is 601. The van der Waals surface area contributed by atoms with Gasteiger partial charge in [0.25, 0.3) is 0 Å². The molecule has 0 saturated heterocycles. The van der Waals surface area contributed by atoms with Crippen LogP contribution in [0.15, 0.2) is 18.2 Å². The molecule has 8 heteroatoms. The lowest BCUT2D eigenvalue weighted by atomic mass is 10.3. The fraction of sp³-hybridized carbons (Fsp3) is 0.308. The topological polar surface area (TPSA) is 69.2 Å². The third-order valence-electron chi connectivity index (χ3n) is 2.30. The Hall–Kier alpha value is -2.51. The Morgan fingerprint density at radius 3 is 2.52 bits per heavy atom. The van der Waals surface area contributed by atoms with Gasteiger partial charge in [-0.15, -0.1) is 4.98 Å². The van der Waals surface area contributed by atoms with Gasteiger partial charge in [-0.25, -0.2) is 8.78 Å². The molecule has 0 amide bonds. The minimum atomic E-state index is -0.849. The molecule has 0 radical (unpaired) electrons. The van der Waals surface area contributed by atoms with Crippen LogP contribution in [0, 0.1) is 11.6 Å². The van der Waals surface area contributed by atoms with Crippen molar-refractivity contribution in [2.75, 3.05) is 18.5 Å². The molecule has 2 aromatic rings. The molecule has 0 spiro atoms. The average molecular weight is 296 g/mol. The maximum Gasteiger partial charge on any atom is 0.330 e. The molecular weight excluding hydrogens is 282 g/mol. The first kappa shape index (κ1) is 14.9. The van der Waals surface area contributed by atoms with E-state index in [-0.39, 0.29) is 23.7 Å². The van der Waals surface area contributed by atoms with Crippen molar-refractivity contribution in [3.63, 3.8) is 0 Å². The van der Waals surface area contributed by atoms with Crippen LogP contribution < -0.4 is 14.8 Å². The molecule has 0 fully saturated rings. The van der Waals surface area contributed by atoms with E-state index in [0.717, 1.165) is 12.1 Å². The molecule has 0 aliphatic carbocycles. The highest BCUT2D eigenvalue weighted by atomic mass is 19.1. The number of ether oxygens (including phenoxy) is 2. The summed E-state index contributed by atoms with van der Waals surface area (Å²) in [6, 6.07) is 2.86. The van der Waals surface area contributed by atoms with Crippen LogP contribution in [0.25, 0.3) is 0 Å². The normalized spacial score (nSPS) is 10.3. The molecule has 2 rings (SSSR count). The summed E-state index contributed by atoms with van der Waals surface area (Å²) in [4.78, 5) is 11.9. The van der Waals surface area contributed by atoms with Crippen molar-refractivity contribution in [1.82, 2.24) is 15.0 Å². The summed E-state index contributed by atoms with van der Waals surface area (Å²) < 4.78 is 36.8. The Morgan fingerprint density at radius 2 is 1.86 bits per heavy atom. The number of halogens is 2. The molecule has 1 heterocycles. The van der Waals surface area contributed by atoms with Gasteiger partial charge in [0.2, 0.25) is 5.95 Å². The van der Waals surface area contributed by atoms with Crippen LogP contribution >= 0.6 is 0 Å². The monoisotopic (exact) mass is 296 g/mol. The standard InChI is InChI=1S/C13H14F2N4O2/c1-3-16-11-17-12(20-4-2)19-13(18-11)21-10-6-5-8(14)7-9(10)15/h5-7H,3-4H2,1-2H3,(H,16,17,18,19). The van der Waals surface area contributed by atoms with E-state index < -0.39 is 11.6 Å². The van der Waals surface area contributed by atoms with Gasteiger partial charge in [-0.2, -0.15) is 9.97 Å². The Kier molecular flexibility index (Phi) is 4.81. The first-order chi connectivity index (χ1) is 10.1. The van der Waals surface area contributed by atoms with E-state index in [9.17, 15) is 8.78 Å². The summed E-state index contributed by atoms with van der Waals surface area (Å²) in [6.45, 7) is 4.58. The van der Waals surface area contributed by atoms with E-state index in [0.29, 0.717) is 19.2 Å². The molecule has 21 heavy (non-hydrogen) atoms. The summed E-state index contributed by atoms with van der Waals surface area (Å²) in [5.74, 6) is -1.49. The summed E-state index contributed by atoms with van der Waals surface area (Å²) in [6.07, 6.45) is 0. The molecule has 6 nitrogen and oxygen atoms in total. The smallest absolute Gasteiger partial charge is 0.330 e. The van der Waals surface area contributed by atoms with Gasteiger partial charge >= 0.3 is 12.0 Å². The average Bonchev–Trinajstić information content (AvgIpc) is 2.42. The number of hydrogen-bond acceptors (Lipinski definition) is 6. The van der Waals surface area contributed by atoms with Gasteiger partial charge in [-0.3, -0.25) is 0 Å². The fourth-order valence-corrected chi connectivity index (χ4v) is 1.47. The summed E-state index contributed by atoms with van der Waals surface area (Å²) in [5.41, 5.74) is 0. The number of rotatable bonds is 6. The minimum Gasteiger partial charge on any atom is -0.464 e. The van der Waals surface area contributed by atoms with E-state index >= 15 is 0 Å². The number of hydrogen-bond donors (Lipinski definition) is 1. The maximum atomic E-state index is 13.6. The number of nitrogens with one attached hydrogen (secondary N) is 1. The lowest BCUT2D eigenvalue weighted by molar-refractivity contribution is 0.302. The molecule has 1 N–H and O–H groups in total. The first-order valence-electron chi connectivity index (χ1n) is 6.38. The lowest BCUT2D eigenvalue weighted by Gasteiger charge is -2.09. The van der Waals surface area contributed by atoms with Crippen LogP contribution in [0.1, 0.15) is 13.8 Å². The van der Waals surface area contributed by atoms with Gasteiger partial charge in [0.15, 0.2) is 11.6 Å². The van der Waals surface area contributed by atoms with Crippen LogP contribution in [-0.4, -0.2) is 28.1 Å². The van der Waals surface area contributed by atoms with Gasteiger partial charge < -0.3 is 14.8 Å². The molecule has 112 valence electrons. The summed E-state index contributed by atoms with van der Waals surface area (Å²) in [7, 11) is 0. The predicted octanol–water partition coefficient (Wildman–Crippen LogP) is 2.77. The second-order valence-corrected chi connectivity index (χ2v) is 3.86. The Labute approximate surface area is 120 Å². The second kappa shape index (κ2) is 6.78. The third kappa shape index (κ3) is 3.98. The van der Waals surface area contributed by atoms with Gasteiger partial charge in [0.05, 0.1) is 6.61 Å². The largest absolute Gasteiger partial charge is 0.464 e. The van der Waals surface area contributed by atoms with E-state index in [1.807, 2.05) is 6.92 Å². The molecule has 0 aliphatic rings. The Morgan fingerprint density at radius 1 is 1.10 bits per heavy atom. The van der Waals surface area contributed by atoms with Gasteiger partial charge in [-0.1, -0.05) is 0 Å². The van der Waals surface area contributed by atoms with Crippen molar-refractivity contribution in [1.29, 1.82) is 0 Å². The van der Waals surface area contributed by atoms with Crippen molar-refractivity contribution < 1.29 is 18.3 Å². The number of aromatic nitrogens is 3. The zero-order chi connectivity index (χ0) is 15.2. The van der Waals surface area contributed by atoms with E-state index in [1.165, 1.54) is 0 Å². The van der Waals surface area contributed by atoms with E-state index in [4.69, 9.17) is 9.47 Å². The molecule has 1 aromatic carbocycles. The highest BCUT2D eigenvalue weighted by Gasteiger charge is 2.12. The van der Waals surface area contributed by atoms with Crippen molar-refractivity contribution in [2.24, 2.45) is 0 Å². The molecule has 1 aromatic heterocycles. The maximum absolute atomic E-state index is 13.6. The molecule has 0 saturated carbocycles. The van der Waals surface area contributed by atoms with E-state index in [1.54, 1.807) is 6.92 Å². The number of nitrogens with zero attached hydrogens (tertiary/aromatic N) is 3. The van der Waals surface area contributed by atoms with Gasteiger partial charge in [-0.05, 0) is 26.0 Å². The first-order valence-corrected chi connectivity index (χ1v) is 6.38. The fourth-order valence-electron chi connectivity index (χ4n) is 1.47. The zero-order valence-corrected chi connectivity index (χ0v) is 11.6. The lowest BCUT2D eigenvalue weighted by Crippen LogP contribution is -2.07. The third-order valence-corrected chi connectivity index (χ3v) is 2.30. The van der Waals surface area contributed by atoms with Crippen LogP contribution in [0.3, 0.4) is 0 Å². The van der Waals surface area contributed by atoms with Crippen molar-refractivity contribution in [3.05, 3.63) is 29.8 Å². The molecule has 0 aliphatic heterocycles. The number of anilines is 1. The quantitative estimate of drug-likeness (QED) is 0.884. The second-order valence-electron chi connectivity index (χ2n) is 3.86.